The van der Waals surface area contributed by atoms with E-state index in [1.165, 1.54) is 6.92 Å². The molecule has 1 N–H and O–H groups in total. The number of Topliss-reactive ketones (excluding diaryl/α,β-unsaturated/α-hetero) is 1. The molecule has 16 heavy (non-hydrogen) atoms. The van der Waals surface area contributed by atoms with Crippen LogP contribution in [0.1, 0.15) is 12.5 Å². The average molecular weight is 284 g/mol. The van der Waals surface area contributed by atoms with E-state index < -0.39 is 6.04 Å². The standard InChI is InChI=1S/C12H14BrNO2/c1-9(15)14-11(12(16)8-13)7-10-5-3-2-4-6-10/h2-6,11H,7-8H2,1H3,(H,14,15). The highest BCUT2D eigenvalue weighted by molar-refractivity contribution is 9.09. The van der Waals surface area contributed by atoms with E-state index >= 15 is 0 Å². The summed E-state index contributed by atoms with van der Waals surface area (Å²) in [7, 11) is 0. The monoisotopic (exact) mass is 283 g/mol. The van der Waals surface area contributed by atoms with E-state index in [2.05, 4.69) is 21.2 Å². The van der Waals surface area contributed by atoms with Crippen LogP contribution in [0.2, 0.25) is 0 Å². The van der Waals surface area contributed by atoms with Crippen LogP contribution >= 0.6 is 15.9 Å². The molecule has 0 saturated carbocycles. The molecule has 1 atom stereocenters. The molecule has 86 valence electrons. The lowest BCUT2D eigenvalue weighted by Gasteiger charge is -2.15. The van der Waals surface area contributed by atoms with Crippen LogP contribution in [0.5, 0.6) is 0 Å². The van der Waals surface area contributed by atoms with Crippen molar-refractivity contribution in [3.8, 4) is 0 Å². The molecule has 0 aliphatic carbocycles. The molecule has 0 radical (unpaired) electrons. The van der Waals surface area contributed by atoms with Gasteiger partial charge in [0, 0.05) is 6.92 Å². The molecular formula is C12H14BrNO2. The number of hydrogen-bond donors (Lipinski definition) is 1. The van der Waals surface area contributed by atoms with Gasteiger partial charge in [0.15, 0.2) is 5.78 Å². The fourth-order valence-electron chi connectivity index (χ4n) is 1.43. The molecule has 0 aliphatic rings. The van der Waals surface area contributed by atoms with E-state index in [9.17, 15) is 9.59 Å². The van der Waals surface area contributed by atoms with Crippen molar-refractivity contribution in [2.24, 2.45) is 0 Å². The second kappa shape index (κ2) is 6.43. The smallest absolute Gasteiger partial charge is 0.217 e. The average Bonchev–Trinajstić information content (AvgIpc) is 2.28. The van der Waals surface area contributed by atoms with Gasteiger partial charge in [0.25, 0.3) is 0 Å². The van der Waals surface area contributed by atoms with Gasteiger partial charge >= 0.3 is 0 Å². The summed E-state index contributed by atoms with van der Waals surface area (Å²) in [5.41, 5.74) is 1.04. The Morgan fingerprint density at radius 1 is 1.31 bits per heavy atom. The van der Waals surface area contributed by atoms with Crippen molar-refractivity contribution in [3.05, 3.63) is 35.9 Å². The van der Waals surface area contributed by atoms with Gasteiger partial charge in [-0.2, -0.15) is 0 Å². The minimum Gasteiger partial charge on any atom is -0.346 e. The number of alkyl halides is 1. The molecule has 1 aromatic rings. The van der Waals surface area contributed by atoms with Crippen LogP contribution in [0, 0.1) is 0 Å². The molecule has 0 spiro atoms. The number of amides is 1. The number of hydrogen-bond acceptors (Lipinski definition) is 2. The SMILES string of the molecule is CC(=O)NC(Cc1ccccc1)C(=O)CBr. The Morgan fingerprint density at radius 3 is 2.44 bits per heavy atom. The van der Waals surface area contributed by atoms with E-state index in [0.717, 1.165) is 5.56 Å². The lowest BCUT2D eigenvalue weighted by molar-refractivity contribution is -0.125. The summed E-state index contributed by atoms with van der Waals surface area (Å²) in [5, 5.41) is 2.92. The van der Waals surface area contributed by atoms with Crippen LogP contribution in [0.4, 0.5) is 0 Å². The predicted molar refractivity (Wildman–Crippen MR) is 66.6 cm³/mol. The molecule has 0 saturated heterocycles. The van der Waals surface area contributed by atoms with Gasteiger partial charge in [0.1, 0.15) is 0 Å². The summed E-state index contributed by atoms with van der Waals surface area (Å²) in [5.74, 6) is -0.200. The number of halogens is 1. The molecule has 1 aromatic carbocycles. The van der Waals surface area contributed by atoms with Crippen molar-refractivity contribution in [1.29, 1.82) is 0 Å². The Kier molecular flexibility index (Phi) is 5.19. The van der Waals surface area contributed by atoms with Crippen LogP contribution < -0.4 is 5.32 Å². The van der Waals surface area contributed by atoms with Gasteiger partial charge in [0.05, 0.1) is 11.4 Å². The maximum Gasteiger partial charge on any atom is 0.217 e. The highest BCUT2D eigenvalue weighted by Crippen LogP contribution is 2.05. The zero-order valence-corrected chi connectivity index (χ0v) is 10.7. The summed E-state index contributed by atoms with van der Waals surface area (Å²) in [6.45, 7) is 1.42. The van der Waals surface area contributed by atoms with E-state index in [4.69, 9.17) is 0 Å². The number of benzene rings is 1. The van der Waals surface area contributed by atoms with Gasteiger partial charge < -0.3 is 5.32 Å². The molecular weight excluding hydrogens is 270 g/mol. The van der Waals surface area contributed by atoms with E-state index in [0.29, 0.717) is 6.42 Å². The number of rotatable bonds is 5. The summed E-state index contributed by atoms with van der Waals surface area (Å²) < 4.78 is 0. The minimum atomic E-state index is -0.445. The first kappa shape index (κ1) is 12.9. The van der Waals surface area contributed by atoms with Crippen LogP contribution in [0.15, 0.2) is 30.3 Å². The first-order valence-electron chi connectivity index (χ1n) is 5.03. The molecule has 1 amide bonds. The summed E-state index contributed by atoms with van der Waals surface area (Å²) in [6.07, 6.45) is 0.533. The van der Waals surface area contributed by atoms with Gasteiger partial charge in [-0.3, -0.25) is 9.59 Å². The fourth-order valence-corrected chi connectivity index (χ4v) is 1.82. The second-order valence-electron chi connectivity index (χ2n) is 3.54. The molecule has 1 rings (SSSR count). The summed E-state index contributed by atoms with van der Waals surface area (Å²) in [4.78, 5) is 22.6. The highest BCUT2D eigenvalue weighted by atomic mass is 79.9. The van der Waals surface area contributed by atoms with Crippen molar-refractivity contribution in [2.75, 3.05) is 5.33 Å². The van der Waals surface area contributed by atoms with Crippen molar-refractivity contribution in [2.45, 2.75) is 19.4 Å². The van der Waals surface area contributed by atoms with Crippen molar-refractivity contribution >= 4 is 27.6 Å². The summed E-state index contributed by atoms with van der Waals surface area (Å²) in [6, 6.07) is 9.19. The maximum atomic E-state index is 11.6. The van der Waals surface area contributed by atoms with E-state index in [1.807, 2.05) is 30.3 Å². The van der Waals surface area contributed by atoms with Crippen molar-refractivity contribution < 1.29 is 9.59 Å². The number of ketones is 1. The third-order valence-electron chi connectivity index (χ3n) is 2.18. The third-order valence-corrected chi connectivity index (χ3v) is 2.73. The first-order valence-corrected chi connectivity index (χ1v) is 6.15. The minimum absolute atomic E-state index is 0.0148. The van der Waals surface area contributed by atoms with Crippen LogP contribution in [-0.2, 0) is 16.0 Å². The van der Waals surface area contributed by atoms with E-state index in [1.54, 1.807) is 0 Å². The number of nitrogens with one attached hydrogen (secondary N) is 1. The van der Waals surface area contributed by atoms with Crippen LogP contribution in [-0.4, -0.2) is 23.1 Å². The predicted octanol–water partition coefficient (Wildman–Crippen LogP) is 1.70. The number of carbonyl (C=O) groups excluding carboxylic acids is 2. The molecule has 0 fully saturated rings. The maximum absolute atomic E-state index is 11.6. The molecule has 0 aromatic heterocycles. The van der Waals surface area contributed by atoms with Gasteiger partial charge in [-0.25, -0.2) is 0 Å². The first-order chi connectivity index (χ1) is 7.63. The Morgan fingerprint density at radius 2 is 1.94 bits per heavy atom. The quantitative estimate of drug-likeness (QED) is 0.836. The molecule has 0 aliphatic heterocycles. The Labute approximate surface area is 103 Å². The van der Waals surface area contributed by atoms with Crippen LogP contribution in [0.25, 0.3) is 0 Å². The van der Waals surface area contributed by atoms with Crippen molar-refractivity contribution in [3.63, 3.8) is 0 Å². The lowest BCUT2D eigenvalue weighted by Crippen LogP contribution is -2.41. The fraction of sp³-hybridized carbons (Fsp3) is 0.333. The zero-order chi connectivity index (χ0) is 12.0. The Hall–Kier alpha value is -1.16. The van der Waals surface area contributed by atoms with Crippen molar-refractivity contribution in [1.82, 2.24) is 5.32 Å². The zero-order valence-electron chi connectivity index (χ0n) is 9.07. The van der Waals surface area contributed by atoms with Gasteiger partial charge in [-0.15, -0.1) is 0 Å². The highest BCUT2D eigenvalue weighted by Gasteiger charge is 2.18. The summed E-state index contributed by atoms with van der Waals surface area (Å²) >= 11 is 3.12. The normalized spacial score (nSPS) is 11.9. The number of carbonyl (C=O) groups is 2. The molecule has 0 bridgehead atoms. The third kappa shape index (κ3) is 4.14. The van der Waals surface area contributed by atoms with E-state index in [-0.39, 0.29) is 17.0 Å². The van der Waals surface area contributed by atoms with Gasteiger partial charge in [0.2, 0.25) is 5.91 Å². The lowest BCUT2D eigenvalue weighted by atomic mass is 10.0. The molecule has 3 nitrogen and oxygen atoms in total. The molecule has 0 heterocycles. The van der Waals surface area contributed by atoms with Gasteiger partial charge in [-0.05, 0) is 12.0 Å². The van der Waals surface area contributed by atoms with Gasteiger partial charge in [-0.1, -0.05) is 46.3 Å². The molecule has 1 unspecified atom stereocenters. The Bertz CT molecular complexity index is 365. The Balaban J connectivity index is 2.70. The topological polar surface area (TPSA) is 46.2 Å². The largest absolute Gasteiger partial charge is 0.346 e. The van der Waals surface area contributed by atoms with Crippen LogP contribution in [0.3, 0.4) is 0 Å². The molecule has 4 heteroatoms. The second-order valence-corrected chi connectivity index (χ2v) is 4.10.